The van der Waals surface area contributed by atoms with Gasteiger partial charge in [0.05, 0.1) is 5.75 Å². The van der Waals surface area contributed by atoms with Gasteiger partial charge in [0, 0.05) is 11.6 Å². The minimum absolute atomic E-state index is 0.0735. The Morgan fingerprint density at radius 2 is 2.33 bits per heavy atom. The van der Waals surface area contributed by atoms with Gasteiger partial charge < -0.3 is 15.7 Å². The predicted octanol–water partition coefficient (Wildman–Crippen LogP) is -0.509. The Hall–Kier alpha value is -1.68. The number of hydrogen-bond donors (Lipinski definition) is 2. The molecular formula is C8H11N3O5S2. The Morgan fingerprint density at radius 3 is 2.78 bits per heavy atom. The smallest absolute Gasteiger partial charge is 0.362 e. The first-order valence-corrected chi connectivity index (χ1v) is 7.56. The SMILES string of the molecule is CS(=O)(=O)CCOC(=O)C(=NO)c1csc(N)n1. The van der Waals surface area contributed by atoms with E-state index in [0.717, 1.165) is 17.6 Å². The Morgan fingerprint density at radius 1 is 1.67 bits per heavy atom. The molecule has 0 saturated carbocycles. The molecule has 0 aliphatic carbocycles. The number of carbonyl (C=O) groups excluding carboxylic acids is 1. The summed E-state index contributed by atoms with van der Waals surface area (Å²) < 4.78 is 26.3. The van der Waals surface area contributed by atoms with Crippen molar-refractivity contribution in [2.75, 3.05) is 24.3 Å². The quantitative estimate of drug-likeness (QED) is 0.323. The second-order valence-electron chi connectivity index (χ2n) is 3.29. The van der Waals surface area contributed by atoms with Crippen molar-refractivity contribution in [2.24, 2.45) is 5.16 Å². The van der Waals surface area contributed by atoms with Crippen molar-refractivity contribution in [3.63, 3.8) is 0 Å². The molecule has 0 radical (unpaired) electrons. The van der Waals surface area contributed by atoms with E-state index in [4.69, 9.17) is 10.9 Å². The molecule has 1 aromatic heterocycles. The number of nitrogen functional groups attached to an aromatic ring is 1. The number of anilines is 1. The standard InChI is InChI=1S/C8H11N3O5S2/c1-18(14,15)3-2-16-7(12)6(11-13)5-4-17-8(9)10-5/h4,13H,2-3H2,1H3,(H2,9,10). The lowest BCUT2D eigenvalue weighted by Gasteiger charge is -2.03. The third kappa shape index (κ3) is 4.30. The van der Waals surface area contributed by atoms with Crippen molar-refractivity contribution in [1.29, 1.82) is 0 Å². The number of aromatic nitrogens is 1. The van der Waals surface area contributed by atoms with Gasteiger partial charge in [-0.3, -0.25) is 0 Å². The first kappa shape index (κ1) is 14.4. The maximum Gasteiger partial charge on any atom is 0.362 e. The highest BCUT2D eigenvalue weighted by molar-refractivity contribution is 7.90. The summed E-state index contributed by atoms with van der Waals surface area (Å²) in [5.74, 6) is -1.28. The van der Waals surface area contributed by atoms with E-state index >= 15 is 0 Å². The molecule has 0 fully saturated rings. The van der Waals surface area contributed by atoms with Crippen LogP contribution in [0.1, 0.15) is 5.69 Å². The van der Waals surface area contributed by atoms with Crippen LogP contribution in [0.5, 0.6) is 0 Å². The molecule has 1 aromatic rings. The van der Waals surface area contributed by atoms with Crippen LogP contribution in [0.4, 0.5) is 5.13 Å². The van der Waals surface area contributed by atoms with E-state index in [2.05, 4.69) is 14.9 Å². The number of sulfone groups is 1. The third-order valence-electron chi connectivity index (χ3n) is 1.75. The summed E-state index contributed by atoms with van der Waals surface area (Å²) in [6.45, 7) is -0.323. The Balaban J connectivity index is 2.65. The van der Waals surface area contributed by atoms with Crippen LogP contribution < -0.4 is 5.73 Å². The summed E-state index contributed by atoms with van der Waals surface area (Å²) in [7, 11) is -3.23. The molecular weight excluding hydrogens is 282 g/mol. The lowest BCUT2D eigenvalue weighted by atomic mass is 10.3. The van der Waals surface area contributed by atoms with Crippen LogP contribution in [0.3, 0.4) is 0 Å². The van der Waals surface area contributed by atoms with Crippen LogP contribution in [-0.2, 0) is 19.4 Å². The van der Waals surface area contributed by atoms with Gasteiger partial charge in [-0.1, -0.05) is 5.16 Å². The van der Waals surface area contributed by atoms with Gasteiger partial charge in [0.15, 0.2) is 15.0 Å². The average Bonchev–Trinajstić information content (AvgIpc) is 2.64. The van der Waals surface area contributed by atoms with Gasteiger partial charge in [-0.05, 0) is 0 Å². The van der Waals surface area contributed by atoms with Crippen LogP contribution in [0.15, 0.2) is 10.5 Å². The van der Waals surface area contributed by atoms with E-state index in [1.54, 1.807) is 0 Å². The number of ether oxygens (including phenoxy) is 1. The van der Waals surface area contributed by atoms with Crippen molar-refractivity contribution in [1.82, 2.24) is 4.98 Å². The van der Waals surface area contributed by atoms with E-state index in [1.807, 2.05) is 0 Å². The lowest BCUT2D eigenvalue weighted by molar-refractivity contribution is -0.135. The van der Waals surface area contributed by atoms with Crippen molar-refractivity contribution in [3.05, 3.63) is 11.1 Å². The zero-order chi connectivity index (χ0) is 13.8. The molecule has 0 unspecified atom stereocenters. The zero-order valence-corrected chi connectivity index (χ0v) is 11.0. The number of esters is 1. The molecule has 0 saturated heterocycles. The fraction of sp³-hybridized carbons (Fsp3) is 0.375. The van der Waals surface area contributed by atoms with E-state index < -0.39 is 21.5 Å². The van der Waals surface area contributed by atoms with Gasteiger partial charge in [-0.25, -0.2) is 18.2 Å². The van der Waals surface area contributed by atoms with Crippen LogP contribution in [0, 0.1) is 0 Å². The van der Waals surface area contributed by atoms with Gasteiger partial charge >= 0.3 is 5.97 Å². The third-order valence-corrected chi connectivity index (χ3v) is 3.33. The minimum Gasteiger partial charge on any atom is -0.460 e. The number of nitrogens with two attached hydrogens (primary N) is 1. The molecule has 3 N–H and O–H groups in total. The summed E-state index contributed by atoms with van der Waals surface area (Å²) in [5.41, 5.74) is 5.02. The second kappa shape index (κ2) is 5.78. The van der Waals surface area contributed by atoms with Gasteiger partial charge in [-0.15, -0.1) is 11.3 Å². The Labute approximate surface area is 107 Å². The predicted molar refractivity (Wildman–Crippen MR) is 65.5 cm³/mol. The Bertz CT molecular complexity index is 563. The highest BCUT2D eigenvalue weighted by atomic mass is 32.2. The molecule has 0 atom stereocenters. The number of carbonyl (C=O) groups is 1. The summed E-state index contributed by atoms with van der Waals surface area (Å²) >= 11 is 1.06. The first-order valence-electron chi connectivity index (χ1n) is 4.62. The lowest BCUT2D eigenvalue weighted by Crippen LogP contribution is -2.22. The summed E-state index contributed by atoms with van der Waals surface area (Å²) in [6, 6.07) is 0. The van der Waals surface area contributed by atoms with Crippen LogP contribution in [-0.4, -0.2) is 48.9 Å². The average molecular weight is 293 g/mol. The minimum atomic E-state index is -3.23. The highest BCUT2D eigenvalue weighted by Gasteiger charge is 2.20. The molecule has 0 spiro atoms. The fourth-order valence-electron chi connectivity index (χ4n) is 0.947. The fourth-order valence-corrected chi connectivity index (χ4v) is 1.88. The zero-order valence-electron chi connectivity index (χ0n) is 9.36. The maximum atomic E-state index is 11.5. The molecule has 0 amide bonds. The Kier molecular flexibility index (Phi) is 4.62. The number of oxime groups is 1. The largest absolute Gasteiger partial charge is 0.460 e. The molecule has 1 rings (SSSR count). The molecule has 18 heavy (non-hydrogen) atoms. The normalized spacial score (nSPS) is 12.4. The molecule has 0 bridgehead atoms. The molecule has 0 aromatic carbocycles. The van der Waals surface area contributed by atoms with Gasteiger partial charge in [0.25, 0.3) is 0 Å². The molecule has 0 aliphatic heterocycles. The maximum absolute atomic E-state index is 11.5. The number of nitrogens with zero attached hydrogens (tertiary/aromatic N) is 2. The first-order chi connectivity index (χ1) is 8.33. The topological polar surface area (TPSA) is 132 Å². The van der Waals surface area contributed by atoms with Crippen LogP contribution in [0.25, 0.3) is 0 Å². The van der Waals surface area contributed by atoms with Gasteiger partial charge in [-0.2, -0.15) is 0 Å². The van der Waals surface area contributed by atoms with E-state index in [1.165, 1.54) is 5.38 Å². The van der Waals surface area contributed by atoms with Crippen molar-refractivity contribution in [3.8, 4) is 0 Å². The van der Waals surface area contributed by atoms with Crippen molar-refractivity contribution < 1.29 is 23.2 Å². The molecule has 8 nitrogen and oxygen atoms in total. The monoisotopic (exact) mass is 293 g/mol. The number of thiazole rings is 1. The second-order valence-corrected chi connectivity index (χ2v) is 6.43. The molecule has 1 heterocycles. The molecule has 100 valence electrons. The number of hydrogen-bond acceptors (Lipinski definition) is 9. The van der Waals surface area contributed by atoms with Crippen LogP contribution >= 0.6 is 11.3 Å². The molecule has 0 aliphatic rings. The van der Waals surface area contributed by atoms with Crippen LogP contribution in [0.2, 0.25) is 0 Å². The van der Waals surface area contributed by atoms with E-state index in [-0.39, 0.29) is 23.2 Å². The van der Waals surface area contributed by atoms with Crippen molar-refractivity contribution in [2.45, 2.75) is 0 Å². The summed E-state index contributed by atoms with van der Waals surface area (Å²) in [4.78, 5) is 15.2. The summed E-state index contributed by atoms with van der Waals surface area (Å²) in [5, 5.41) is 13.1. The molecule has 10 heteroatoms. The van der Waals surface area contributed by atoms with Gasteiger partial charge in [0.2, 0.25) is 5.71 Å². The summed E-state index contributed by atoms with van der Waals surface area (Å²) in [6.07, 6.45) is 1.02. The van der Waals surface area contributed by atoms with E-state index in [9.17, 15) is 13.2 Å². The van der Waals surface area contributed by atoms with Crippen molar-refractivity contribution >= 4 is 38.0 Å². The number of rotatable bonds is 5. The highest BCUT2D eigenvalue weighted by Crippen LogP contribution is 2.12. The van der Waals surface area contributed by atoms with Gasteiger partial charge in [0.1, 0.15) is 12.3 Å². The van der Waals surface area contributed by atoms with E-state index in [0.29, 0.717) is 0 Å².